The van der Waals surface area contributed by atoms with Crippen molar-refractivity contribution in [2.75, 3.05) is 7.11 Å². The summed E-state index contributed by atoms with van der Waals surface area (Å²) in [5, 5.41) is 1.05. The Labute approximate surface area is 145 Å². The van der Waals surface area contributed by atoms with Gasteiger partial charge in [0.15, 0.2) is 0 Å². The molecule has 0 radical (unpaired) electrons. The molecule has 0 saturated carbocycles. The van der Waals surface area contributed by atoms with E-state index in [1.54, 1.807) is 6.92 Å². The molecule has 0 spiro atoms. The minimum absolute atomic E-state index is 0.105. The fourth-order valence-corrected chi connectivity index (χ4v) is 4.28. The van der Waals surface area contributed by atoms with Crippen molar-refractivity contribution in [3.05, 3.63) is 60.0 Å². The lowest BCUT2D eigenvalue weighted by molar-refractivity contribution is 0.400. The Morgan fingerprint density at radius 1 is 1.24 bits per heavy atom. The van der Waals surface area contributed by atoms with Crippen LogP contribution in [0.1, 0.15) is 12.5 Å². The highest BCUT2D eigenvalue weighted by Gasteiger charge is 2.23. The Bertz CT molecular complexity index is 998. The van der Waals surface area contributed by atoms with E-state index in [9.17, 15) is 12.8 Å². The van der Waals surface area contributed by atoms with Crippen LogP contribution in [0, 0.1) is 5.82 Å². The molecule has 0 fully saturated rings. The van der Waals surface area contributed by atoms with Gasteiger partial charge in [-0.05, 0) is 43.2 Å². The molecule has 1 heterocycles. The molecule has 132 valence electrons. The quantitative estimate of drug-likeness (QED) is 0.707. The summed E-state index contributed by atoms with van der Waals surface area (Å²) in [6, 6.07) is 10.9. The molecule has 3 aromatic rings. The lowest BCUT2D eigenvalue weighted by Gasteiger charge is -2.16. The van der Waals surface area contributed by atoms with Gasteiger partial charge in [-0.15, -0.1) is 0 Å². The second-order valence-electron chi connectivity index (χ2n) is 5.88. The van der Waals surface area contributed by atoms with E-state index in [-0.39, 0.29) is 16.7 Å². The molecule has 1 aromatic heterocycles. The molecule has 25 heavy (non-hydrogen) atoms. The van der Waals surface area contributed by atoms with E-state index < -0.39 is 15.8 Å². The highest BCUT2D eigenvalue weighted by molar-refractivity contribution is 7.89. The predicted octanol–water partition coefficient (Wildman–Crippen LogP) is 3.23. The van der Waals surface area contributed by atoms with Gasteiger partial charge >= 0.3 is 0 Å². The second kappa shape index (κ2) is 6.85. The summed E-state index contributed by atoms with van der Waals surface area (Å²) in [7, 11) is -2.56. The summed E-state index contributed by atoms with van der Waals surface area (Å²) < 4.78 is 46.3. The van der Waals surface area contributed by atoms with Crippen molar-refractivity contribution >= 4 is 20.9 Å². The fraction of sp³-hybridized carbons (Fsp3) is 0.222. The second-order valence-corrected chi connectivity index (χ2v) is 7.56. The number of fused-ring (bicyclic) bond motifs is 1. The van der Waals surface area contributed by atoms with E-state index in [1.807, 2.05) is 30.5 Å². The monoisotopic (exact) mass is 362 g/mol. The molecule has 2 aromatic carbocycles. The average molecular weight is 362 g/mol. The number of aromatic amines is 1. The van der Waals surface area contributed by atoms with Gasteiger partial charge in [-0.2, -0.15) is 0 Å². The van der Waals surface area contributed by atoms with E-state index in [0.717, 1.165) is 28.6 Å². The first kappa shape index (κ1) is 17.4. The SMILES string of the molecule is COc1ccc(F)cc1S(=O)(=O)NC(C)Cc1c[nH]c2ccccc12. The van der Waals surface area contributed by atoms with Gasteiger partial charge in [-0.3, -0.25) is 0 Å². The molecule has 2 N–H and O–H groups in total. The topological polar surface area (TPSA) is 71.2 Å². The van der Waals surface area contributed by atoms with Crippen molar-refractivity contribution in [3.63, 3.8) is 0 Å². The van der Waals surface area contributed by atoms with E-state index in [2.05, 4.69) is 9.71 Å². The number of methoxy groups -OCH3 is 1. The third kappa shape index (κ3) is 3.67. The van der Waals surface area contributed by atoms with Gasteiger partial charge in [0, 0.05) is 23.1 Å². The van der Waals surface area contributed by atoms with Crippen LogP contribution in [0.5, 0.6) is 5.75 Å². The van der Waals surface area contributed by atoms with Crippen LogP contribution in [0.3, 0.4) is 0 Å². The maximum Gasteiger partial charge on any atom is 0.244 e. The molecule has 3 rings (SSSR count). The van der Waals surface area contributed by atoms with Crippen molar-refractivity contribution in [3.8, 4) is 5.75 Å². The van der Waals surface area contributed by atoms with Gasteiger partial charge in [0.25, 0.3) is 0 Å². The predicted molar refractivity (Wildman–Crippen MR) is 94.7 cm³/mol. The first-order valence-corrected chi connectivity index (χ1v) is 9.30. The van der Waals surface area contributed by atoms with Crippen LogP contribution >= 0.6 is 0 Å². The Morgan fingerprint density at radius 2 is 2.00 bits per heavy atom. The summed E-state index contributed by atoms with van der Waals surface area (Å²) in [5.41, 5.74) is 2.01. The highest BCUT2D eigenvalue weighted by atomic mass is 32.2. The van der Waals surface area contributed by atoms with E-state index in [0.29, 0.717) is 6.42 Å². The first-order valence-electron chi connectivity index (χ1n) is 7.81. The largest absolute Gasteiger partial charge is 0.495 e. The summed E-state index contributed by atoms with van der Waals surface area (Å²) in [6.07, 6.45) is 2.37. The minimum atomic E-state index is -3.91. The van der Waals surface area contributed by atoms with Crippen molar-refractivity contribution in [1.29, 1.82) is 0 Å². The summed E-state index contributed by atoms with van der Waals surface area (Å²) in [5.74, 6) is -0.529. The molecule has 1 unspecified atom stereocenters. The van der Waals surface area contributed by atoms with Crippen molar-refractivity contribution < 1.29 is 17.5 Å². The standard InChI is InChI=1S/C18H19FN2O3S/c1-12(9-13-11-20-16-6-4-3-5-15(13)16)21-25(22,23)18-10-14(19)7-8-17(18)24-2/h3-8,10-12,20-21H,9H2,1-2H3. The number of hydrogen-bond acceptors (Lipinski definition) is 3. The Balaban J connectivity index is 1.82. The molecule has 0 saturated heterocycles. The lowest BCUT2D eigenvalue weighted by atomic mass is 10.1. The molecule has 0 amide bonds. The van der Waals surface area contributed by atoms with E-state index in [1.165, 1.54) is 13.2 Å². The van der Waals surface area contributed by atoms with Gasteiger partial charge in [-0.25, -0.2) is 17.5 Å². The van der Waals surface area contributed by atoms with E-state index >= 15 is 0 Å². The molecule has 0 aliphatic rings. The zero-order valence-electron chi connectivity index (χ0n) is 13.9. The van der Waals surface area contributed by atoms with Gasteiger partial charge in [0.2, 0.25) is 10.0 Å². The Kier molecular flexibility index (Phi) is 4.78. The van der Waals surface area contributed by atoms with Crippen LogP contribution in [-0.4, -0.2) is 26.6 Å². The van der Waals surface area contributed by atoms with Gasteiger partial charge in [0.1, 0.15) is 16.5 Å². The van der Waals surface area contributed by atoms with Crippen molar-refractivity contribution in [1.82, 2.24) is 9.71 Å². The number of halogens is 1. The van der Waals surface area contributed by atoms with Crippen LogP contribution < -0.4 is 9.46 Å². The Hall–Kier alpha value is -2.38. The minimum Gasteiger partial charge on any atom is -0.495 e. The van der Waals surface area contributed by atoms with E-state index in [4.69, 9.17) is 4.74 Å². The molecule has 0 aliphatic heterocycles. The fourth-order valence-electron chi connectivity index (χ4n) is 2.86. The molecular weight excluding hydrogens is 343 g/mol. The third-order valence-corrected chi connectivity index (χ3v) is 5.58. The summed E-state index contributed by atoms with van der Waals surface area (Å²) >= 11 is 0. The maximum absolute atomic E-state index is 13.5. The Morgan fingerprint density at radius 3 is 2.76 bits per heavy atom. The lowest BCUT2D eigenvalue weighted by Crippen LogP contribution is -2.34. The van der Waals surface area contributed by atoms with Crippen LogP contribution in [0.25, 0.3) is 10.9 Å². The van der Waals surface area contributed by atoms with Gasteiger partial charge in [0.05, 0.1) is 7.11 Å². The number of ether oxygens (including phenoxy) is 1. The number of sulfonamides is 1. The number of benzene rings is 2. The molecule has 0 bridgehead atoms. The molecule has 5 nitrogen and oxygen atoms in total. The number of nitrogens with one attached hydrogen (secondary N) is 2. The molecule has 1 atom stereocenters. The summed E-state index contributed by atoms with van der Waals surface area (Å²) in [6.45, 7) is 1.77. The zero-order valence-corrected chi connectivity index (χ0v) is 14.7. The number of para-hydroxylation sites is 1. The first-order chi connectivity index (χ1) is 11.9. The van der Waals surface area contributed by atoms with Crippen LogP contribution in [-0.2, 0) is 16.4 Å². The average Bonchev–Trinajstić information content (AvgIpc) is 2.97. The third-order valence-electron chi connectivity index (χ3n) is 3.97. The van der Waals surface area contributed by atoms with Crippen molar-refractivity contribution in [2.45, 2.75) is 24.3 Å². The molecular formula is C18H19FN2O3S. The number of hydrogen-bond donors (Lipinski definition) is 2. The normalized spacial score (nSPS) is 13.1. The number of rotatable bonds is 6. The van der Waals surface area contributed by atoms with Crippen LogP contribution in [0.2, 0.25) is 0 Å². The van der Waals surface area contributed by atoms with Crippen molar-refractivity contribution in [2.24, 2.45) is 0 Å². The van der Waals surface area contributed by atoms with Gasteiger partial charge in [-0.1, -0.05) is 18.2 Å². The summed E-state index contributed by atoms with van der Waals surface area (Å²) in [4.78, 5) is 2.96. The number of aromatic nitrogens is 1. The molecule has 7 heteroatoms. The van der Waals surface area contributed by atoms with Crippen LogP contribution in [0.4, 0.5) is 4.39 Å². The number of H-pyrrole nitrogens is 1. The van der Waals surface area contributed by atoms with Crippen LogP contribution in [0.15, 0.2) is 53.6 Å². The zero-order chi connectivity index (χ0) is 18.0. The molecule has 0 aliphatic carbocycles. The highest BCUT2D eigenvalue weighted by Crippen LogP contribution is 2.25. The van der Waals surface area contributed by atoms with Gasteiger partial charge < -0.3 is 9.72 Å². The smallest absolute Gasteiger partial charge is 0.244 e. The maximum atomic E-state index is 13.5.